The van der Waals surface area contributed by atoms with Crippen LogP contribution >= 0.6 is 0 Å². The lowest BCUT2D eigenvalue weighted by Crippen LogP contribution is -2.30. The Labute approximate surface area is 176 Å². The number of aliphatic hydroxyl groups is 1. The summed E-state index contributed by atoms with van der Waals surface area (Å²) in [6.45, 7) is 1.92. The molecule has 158 valence electrons. The molecular weight excluding hydrogens is 379 g/mol. The summed E-state index contributed by atoms with van der Waals surface area (Å²) in [7, 11) is 0. The third kappa shape index (κ3) is 3.93. The summed E-state index contributed by atoms with van der Waals surface area (Å²) in [5.74, 6) is 1.15. The quantitative estimate of drug-likeness (QED) is 0.640. The van der Waals surface area contributed by atoms with E-state index in [4.69, 9.17) is 4.98 Å². The molecule has 0 radical (unpaired) electrons. The van der Waals surface area contributed by atoms with Gasteiger partial charge in [-0.25, -0.2) is 13.9 Å². The van der Waals surface area contributed by atoms with Gasteiger partial charge in [0, 0.05) is 24.1 Å². The predicted molar refractivity (Wildman–Crippen MR) is 115 cm³/mol. The minimum absolute atomic E-state index is 0.208. The molecule has 0 spiro atoms. The molecule has 5 rings (SSSR count). The van der Waals surface area contributed by atoms with Crippen LogP contribution in [0.4, 0.5) is 10.2 Å². The van der Waals surface area contributed by atoms with Crippen LogP contribution in [0.15, 0.2) is 30.5 Å². The van der Waals surface area contributed by atoms with E-state index in [-0.39, 0.29) is 18.0 Å². The molecule has 2 fully saturated rings. The largest absolute Gasteiger partial charge is 0.393 e. The number of hydrogen-bond acceptors (Lipinski definition) is 4. The Morgan fingerprint density at radius 2 is 1.97 bits per heavy atom. The normalized spacial score (nSPS) is 22.2. The number of halogens is 1. The van der Waals surface area contributed by atoms with E-state index in [9.17, 15) is 9.50 Å². The van der Waals surface area contributed by atoms with Crippen molar-refractivity contribution in [3.8, 4) is 0 Å². The van der Waals surface area contributed by atoms with Crippen molar-refractivity contribution in [1.82, 2.24) is 14.6 Å². The van der Waals surface area contributed by atoms with Gasteiger partial charge in [-0.3, -0.25) is 0 Å². The molecule has 1 aromatic carbocycles. The summed E-state index contributed by atoms with van der Waals surface area (Å²) < 4.78 is 15.9. The van der Waals surface area contributed by atoms with Crippen LogP contribution in [0.3, 0.4) is 0 Å². The lowest BCUT2D eigenvalue weighted by Gasteiger charge is -2.27. The Balaban J connectivity index is 1.52. The topological polar surface area (TPSA) is 62.5 Å². The number of fused-ring (bicyclic) bond motifs is 1. The zero-order valence-corrected chi connectivity index (χ0v) is 17.4. The number of rotatable bonds is 5. The molecule has 2 aromatic heterocycles. The fourth-order valence-electron chi connectivity index (χ4n) is 4.88. The first-order valence-corrected chi connectivity index (χ1v) is 11.1. The molecule has 3 aromatic rings. The molecule has 5 nitrogen and oxygen atoms in total. The fourth-order valence-corrected chi connectivity index (χ4v) is 4.88. The summed E-state index contributed by atoms with van der Waals surface area (Å²) in [5, 5.41) is 18.3. The number of hydrogen-bond donors (Lipinski definition) is 2. The second-order valence-electron chi connectivity index (χ2n) is 9.07. The van der Waals surface area contributed by atoms with Crippen molar-refractivity contribution >= 4 is 11.5 Å². The van der Waals surface area contributed by atoms with Crippen LogP contribution in [0.2, 0.25) is 0 Å². The predicted octanol–water partition coefficient (Wildman–Crippen LogP) is 4.75. The highest BCUT2D eigenvalue weighted by Gasteiger charge is 2.26. The second-order valence-corrected chi connectivity index (χ2v) is 9.07. The molecule has 2 N–H and O–H groups in total. The van der Waals surface area contributed by atoms with Crippen LogP contribution in [-0.2, 0) is 6.42 Å². The number of aromatic nitrogens is 3. The van der Waals surface area contributed by atoms with Crippen LogP contribution < -0.4 is 5.32 Å². The molecule has 0 aliphatic heterocycles. The summed E-state index contributed by atoms with van der Waals surface area (Å²) in [4.78, 5) is 4.93. The molecule has 0 unspecified atom stereocenters. The van der Waals surface area contributed by atoms with Gasteiger partial charge in [0.2, 0.25) is 0 Å². The van der Waals surface area contributed by atoms with Crippen LogP contribution in [0.5, 0.6) is 0 Å². The molecule has 30 heavy (non-hydrogen) atoms. The van der Waals surface area contributed by atoms with Crippen LogP contribution in [0.1, 0.15) is 73.2 Å². The first kappa shape index (κ1) is 19.5. The highest BCUT2D eigenvalue weighted by molar-refractivity contribution is 5.56. The SMILES string of the molecule is Cc1cc(F)cc(Cc2cc(N[C@@H]3CCC[C@@H](O)C3)nc3c(C4CCC4)cnn23)c1. The summed E-state index contributed by atoms with van der Waals surface area (Å²) >= 11 is 0. The average molecular weight is 409 g/mol. The minimum atomic E-state index is -0.241. The third-order valence-electron chi connectivity index (χ3n) is 6.60. The average Bonchev–Trinajstić information content (AvgIpc) is 3.03. The smallest absolute Gasteiger partial charge is 0.161 e. The van der Waals surface area contributed by atoms with Gasteiger partial charge in [-0.05, 0) is 74.6 Å². The summed E-state index contributed by atoms with van der Waals surface area (Å²) in [6.07, 6.45) is 9.63. The maximum Gasteiger partial charge on any atom is 0.161 e. The van der Waals surface area contributed by atoms with Gasteiger partial charge < -0.3 is 10.4 Å². The second kappa shape index (κ2) is 7.99. The van der Waals surface area contributed by atoms with Crippen molar-refractivity contribution in [3.63, 3.8) is 0 Å². The van der Waals surface area contributed by atoms with E-state index in [0.29, 0.717) is 12.3 Å². The zero-order chi connectivity index (χ0) is 20.7. The standard InChI is InChI=1S/C24H29FN4O/c1-15-8-16(10-18(25)9-15)11-20-13-23(27-19-6-3-7-21(30)12-19)28-24-22(14-26-29(20)24)17-4-2-5-17/h8-10,13-14,17,19,21,30H,2-7,11-12H2,1H3,(H,27,28)/t19-,21-/m1/s1. The number of anilines is 1. The van der Waals surface area contributed by atoms with Crippen molar-refractivity contribution < 1.29 is 9.50 Å². The monoisotopic (exact) mass is 408 g/mol. The van der Waals surface area contributed by atoms with Gasteiger partial charge in [0.15, 0.2) is 5.65 Å². The number of aryl methyl sites for hydroxylation is 1. The minimum Gasteiger partial charge on any atom is -0.393 e. The van der Waals surface area contributed by atoms with E-state index in [1.807, 2.05) is 29.8 Å². The number of aliphatic hydroxyl groups excluding tert-OH is 1. The Bertz CT molecular complexity index is 1040. The van der Waals surface area contributed by atoms with Gasteiger partial charge in [-0.2, -0.15) is 5.10 Å². The molecule has 6 heteroatoms. The van der Waals surface area contributed by atoms with Crippen molar-refractivity contribution in [2.75, 3.05) is 5.32 Å². The maximum absolute atomic E-state index is 14.0. The summed E-state index contributed by atoms with van der Waals surface area (Å²) in [5.41, 5.74) is 4.96. The number of benzene rings is 1. The van der Waals surface area contributed by atoms with Gasteiger partial charge in [0.25, 0.3) is 0 Å². The maximum atomic E-state index is 14.0. The van der Waals surface area contributed by atoms with Crippen molar-refractivity contribution in [2.45, 2.75) is 76.4 Å². The first-order chi connectivity index (χ1) is 14.5. The van der Waals surface area contributed by atoms with Crippen LogP contribution in [0, 0.1) is 12.7 Å². The highest BCUT2D eigenvalue weighted by atomic mass is 19.1. The van der Waals surface area contributed by atoms with Gasteiger partial charge >= 0.3 is 0 Å². The number of nitrogens with zero attached hydrogens (tertiary/aromatic N) is 3. The number of nitrogens with one attached hydrogen (secondary N) is 1. The van der Waals surface area contributed by atoms with E-state index in [2.05, 4.69) is 10.4 Å². The highest BCUT2D eigenvalue weighted by Crippen LogP contribution is 2.38. The van der Waals surface area contributed by atoms with E-state index in [1.165, 1.54) is 24.8 Å². The van der Waals surface area contributed by atoms with Crippen molar-refractivity contribution in [2.24, 2.45) is 0 Å². The Morgan fingerprint density at radius 1 is 1.13 bits per heavy atom. The van der Waals surface area contributed by atoms with E-state index in [0.717, 1.165) is 54.0 Å². The van der Waals surface area contributed by atoms with Crippen molar-refractivity contribution in [3.05, 3.63) is 58.7 Å². The molecule has 0 amide bonds. The van der Waals surface area contributed by atoms with Gasteiger partial charge in [0.1, 0.15) is 11.6 Å². The Kier molecular flexibility index (Phi) is 5.19. The molecule has 0 saturated heterocycles. The molecular formula is C24H29FN4O. The first-order valence-electron chi connectivity index (χ1n) is 11.1. The van der Waals surface area contributed by atoms with E-state index >= 15 is 0 Å². The van der Waals surface area contributed by atoms with Gasteiger partial charge in [-0.15, -0.1) is 0 Å². The third-order valence-corrected chi connectivity index (χ3v) is 6.60. The molecule has 2 saturated carbocycles. The lowest BCUT2D eigenvalue weighted by atomic mass is 9.81. The van der Waals surface area contributed by atoms with E-state index in [1.54, 1.807) is 12.1 Å². The Morgan fingerprint density at radius 3 is 2.70 bits per heavy atom. The summed E-state index contributed by atoms with van der Waals surface area (Å²) in [6, 6.07) is 7.43. The molecule has 2 aliphatic rings. The Hall–Kier alpha value is -2.47. The molecule has 2 aliphatic carbocycles. The van der Waals surface area contributed by atoms with Gasteiger partial charge in [0.05, 0.1) is 18.0 Å². The zero-order valence-electron chi connectivity index (χ0n) is 17.4. The van der Waals surface area contributed by atoms with Crippen LogP contribution in [0.25, 0.3) is 5.65 Å². The van der Waals surface area contributed by atoms with E-state index < -0.39 is 0 Å². The van der Waals surface area contributed by atoms with Gasteiger partial charge in [-0.1, -0.05) is 12.5 Å². The fraction of sp³-hybridized carbons (Fsp3) is 0.500. The van der Waals surface area contributed by atoms with Crippen molar-refractivity contribution in [1.29, 1.82) is 0 Å². The van der Waals surface area contributed by atoms with Crippen LogP contribution in [-0.4, -0.2) is 31.9 Å². The molecule has 2 heterocycles. The lowest BCUT2D eigenvalue weighted by molar-refractivity contribution is 0.124. The molecule has 2 atom stereocenters. The molecule has 0 bridgehead atoms.